The highest BCUT2D eigenvalue weighted by Gasteiger charge is 2.23. The number of piperidine rings is 1. The zero-order valence-corrected chi connectivity index (χ0v) is 15.0. The topological polar surface area (TPSA) is 85.5 Å². The van der Waals surface area contributed by atoms with Crippen molar-refractivity contribution in [3.63, 3.8) is 0 Å². The summed E-state index contributed by atoms with van der Waals surface area (Å²) in [6.07, 6.45) is 5.10. The first-order valence-corrected chi connectivity index (χ1v) is 8.50. The van der Waals surface area contributed by atoms with Crippen molar-refractivity contribution in [3.8, 4) is 11.5 Å². The van der Waals surface area contributed by atoms with Crippen LogP contribution in [0, 0.1) is 0 Å². The largest absolute Gasteiger partial charge is 0.497 e. The fraction of sp³-hybridized carbons (Fsp3) is 0.444. The summed E-state index contributed by atoms with van der Waals surface area (Å²) in [6.45, 7) is 3.17. The molecule has 0 amide bonds. The van der Waals surface area contributed by atoms with Crippen LogP contribution in [0.1, 0.15) is 26.2 Å². The molecule has 1 aliphatic rings. The maximum atomic E-state index is 6.38. The lowest BCUT2D eigenvalue weighted by molar-refractivity contribution is 0.395. The van der Waals surface area contributed by atoms with Gasteiger partial charge in [0.15, 0.2) is 11.6 Å². The minimum absolute atomic E-state index is 0.425. The molecule has 7 nitrogen and oxygen atoms in total. The minimum atomic E-state index is 0.425. The molecule has 1 atom stereocenters. The lowest BCUT2D eigenvalue weighted by Crippen LogP contribution is -2.38. The van der Waals surface area contributed by atoms with Crippen molar-refractivity contribution in [3.05, 3.63) is 24.5 Å². The Kier molecular flexibility index (Phi) is 5.11. The number of ether oxygens (including phenoxy) is 2. The Bertz CT molecular complexity index is 737. The second-order valence-corrected chi connectivity index (χ2v) is 6.19. The van der Waals surface area contributed by atoms with Crippen molar-refractivity contribution in [2.45, 2.75) is 32.2 Å². The Labute approximate surface area is 148 Å². The molecule has 0 radical (unpaired) electrons. The number of anilines is 4. The molecule has 134 valence electrons. The fourth-order valence-electron chi connectivity index (χ4n) is 3.16. The van der Waals surface area contributed by atoms with Crippen LogP contribution in [0.4, 0.5) is 23.0 Å². The van der Waals surface area contributed by atoms with E-state index in [1.807, 2.05) is 18.2 Å². The molecular weight excluding hydrogens is 318 g/mol. The molecule has 3 rings (SSSR count). The van der Waals surface area contributed by atoms with Crippen molar-refractivity contribution in [1.82, 2.24) is 9.97 Å². The van der Waals surface area contributed by atoms with E-state index in [0.717, 1.165) is 36.6 Å². The number of hydrogen-bond donors (Lipinski definition) is 2. The van der Waals surface area contributed by atoms with Gasteiger partial charge in [0, 0.05) is 18.7 Å². The van der Waals surface area contributed by atoms with E-state index >= 15 is 0 Å². The first-order valence-electron chi connectivity index (χ1n) is 8.50. The van der Waals surface area contributed by atoms with Crippen LogP contribution in [0.25, 0.3) is 0 Å². The second-order valence-electron chi connectivity index (χ2n) is 6.19. The van der Waals surface area contributed by atoms with Gasteiger partial charge in [0.2, 0.25) is 0 Å². The summed E-state index contributed by atoms with van der Waals surface area (Å²) in [5.74, 6) is 2.74. The third-order valence-electron chi connectivity index (χ3n) is 4.60. The summed E-state index contributed by atoms with van der Waals surface area (Å²) in [5, 5.41) is 3.25. The number of aromatic nitrogens is 2. The van der Waals surface area contributed by atoms with Crippen molar-refractivity contribution < 1.29 is 9.47 Å². The Morgan fingerprint density at radius 1 is 1.20 bits per heavy atom. The molecule has 0 bridgehead atoms. The summed E-state index contributed by atoms with van der Waals surface area (Å²) in [6, 6.07) is 5.97. The maximum Gasteiger partial charge on any atom is 0.159 e. The second kappa shape index (κ2) is 7.46. The zero-order valence-electron chi connectivity index (χ0n) is 15.0. The molecule has 1 aromatic heterocycles. The number of nitrogens with zero attached hydrogens (tertiary/aromatic N) is 3. The van der Waals surface area contributed by atoms with Gasteiger partial charge in [-0.2, -0.15) is 0 Å². The predicted molar refractivity (Wildman–Crippen MR) is 99.9 cm³/mol. The van der Waals surface area contributed by atoms with Crippen LogP contribution in [-0.4, -0.2) is 36.8 Å². The summed E-state index contributed by atoms with van der Waals surface area (Å²) < 4.78 is 10.7. The van der Waals surface area contributed by atoms with Crippen molar-refractivity contribution in [2.75, 3.05) is 36.7 Å². The van der Waals surface area contributed by atoms with Gasteiger partial charge in [-0.3, -0.25) is 0 Å². The number of methoxy groups -OCH3 is 2. The molecule has 0 aliphatic carbocycles. The van der Waals surface area contributed by atoms with E-state index in [0.29, 0.717) is 23.3 Å². The van der Waals surface area contributed by atoms with Gasteiger partial charge >= 0.3 is 0 Å². The number of benzene rings is 1. The minimum Gasteiger partial charge on any atom is -0.497 e. The lowest BCUT2D eigenvalue weighted by atomic mass is 10.0. The highest BCUT2D eigenvalue weighted by atomic mass is 16.5. The predicted octanol–water partition coefficient (Wildman–Crippen LogP) is 3.20. The number of nitrogen functional groups attached to an aromatic ring is 1. The van der Waals surface area contributed by atoms with Crippen molar-refractivity contribution >= 4 is 23.0 Å². The van der Waals surface area contributed by atoms with Gasteiger partial charge in [-0.25, -0.2) is 9.97 Å². The van der Waals surface area contributed by atoms with Crippen LogP contribution in [-0.2, 0) is 0 Å². The van der Waals surface area contributed by atoms with Gasteiger partial charge in [0.1, 0.15) is 23.5 Å². The molecule has 1 fully saturated rings. The van der Waals surface area contributed by atoms with Crippen LogP contribution < -0.4 is 25.4 Å². The Balaban J connectivity index is 1.90. The van der Waals surface area contributed by atoms with Crippen LogP contribution >= 0.6 is 0 Å². The average Bonchev–Trinajstić information content (AvgIpc) is 2.64. The molecule has 7 heteroatoms. The van der Waals surface area contributed by atoms with E-state index in [1.165, 1.54) is 6.42 Å². The SMILES string of the molecule is COc1ccc(Nc2ncnc(N3CCCCC3C)c2N)c(OC)c1. The first kappa shape index (κ1) is 17.1. The zero-order chi connectivity index (χ0) is 17.8. The van der Waals surface area contributed by atoms with Gasteiger partial charge < -0.3 is 25.4 Å². The van der Waals surface area contributed by atoms with E-state index in [-0.39, 0.29) is 0 Å². The summed E-state index contributed by atoms with van der Waals surface area (Å²) in [5.41, 5.74) is 7.70. The average molecular weight is 343 g/mol. The Morgan fingerprint density at radius 3 is 2.76 bits per heavy atom. The molecule has 0 saturated carbocycles. The Morgan fingerprint density at radius 2 is 2.04 bits per heavy atom. The van der Waals surface area contributed by atoms with Gasteiger partial charge in [-0.05, 0) is 38.3 Å². The Hall–Kier alpha value is -2.70. The maximum absolute atomic E-state index is 6.38. The molecule has 1 saturated heterocycles. The lowest BCUT2D eigenvalue weighted by Gasteiger charge is -2.35. The van der Waals surface area contributed by atoms with E-state index in [2.05, 4.69) is 27.1 Å². The molecule has 1 aromatic carbocycles. The fourth-order valence-corrected chi connectivity index (χ4v) is 3.16. The van der Waals surface area contributed by atoms with Crippen LogP contribution in [0.3, 0.4) is 0 Å². The third kappa shape index (κ3) is 3.55. The van der Waals surface area contributed by atoms with E-state index in [9.17, 15) is 0 Å². The number of hydrogen-bond acceptors (Lipinski definition) is 7. The van der Waals surface area contributed by atoms with Gasteiger partial charge in [-0.15, -0.1) is 0 Å². The standard InChI is InChI=1S/C18H25N5O2/c1-12-6-4-5-9-23(12)18-16(19)17(20-11-21-18)22-14-8-7-13(24-2)10-15(14)25-3/h7-8,10-12H,4-6,9,19H2,1-3H3,(H,20,21,22). The third-order valence-corrected chi connectivity index (χ3v) is 4.60. The molecule has 3 N–H and O–H groups in total. The highest BCUT2D eigenvalue weighted by molar-refractivity contribution is 5.80. The van der Waals surface area contributed by atoms with Gasteiger partial charge in [-0.1, -0.05) is 0 Å². The molecule has 2 aromatic rings. The van der Waals surface area contributed by atoms with E-state index in [1.54, 1.807) is 20.5 Å². The van der Waals surface area contributed by atoms with E-state index in [4.69, 9.17) is 15.2 Å². The molecule has 1 unspecified atom stereocenters. The molecule has 1 aliphatic heterocycles. The van der Waals surface area contributed by atoms with Crippen LogP contribution in [0.15, 0.2) is 24.5 Å². The number of nitrogens with one attached hydrogen (secondary N) is 1. The van der Waals surface area contributed by atoms with Crippen molar-refractivity contribution in [2.24, 2.45) is 0 Å². The molecule has 2 heterocycles. The summed E-state index contributed by atoms with van der Waals surface area (Å²) >= 11 is 0. The molecule has 0 spiro atoms. The number of nitrogens with two attached hydrogens (primary N) is 1. The first-order chi connectivity index (χ1) is 12.1. The van der Waals surface area contributed by atoms with Gasteiger partial charge in [0.25, 0.3) is 0 Å². The quantitative estimate of drug-likeness (QED) is 0.862. The normalized spacial score (nSPS) is 17.2. The molecule has 25 heavy (non-hydrogen) atoms. The highest BCUT2D eigenvalue weighted by Crippen LogP contribution is 2.35. The monoisotopic (exact) mass is 343 g/mol. The smallest absolute Gasteiger partial charge is 0.159 e. The van der Waals surface area contributed by atoms with Crippen molar-refractivity contribution in [1.29, 1.82) is 0 Å². The van der Waals surface area contributed by atoms with Crippen LogP contribution in [0.5, 0.6) is 11.5 Å². The molecular formula is C18H25N5O2. The summed E-state index contributed by atoms with van der Waals surface area (Å²) in [7, 11) is 3.24. The van der Waals surface area contributed by atoms with E-state index < -0.39 is 0 Å². The number of rotatable bonds is 5. The summed E-state index contributed by atoms with van der Waals surface area (Å²) in [4.78, 5) is 11.0. The van der Waals surface area contributed by atoms with Gasteiger partial charge in [0.05, 0.1) is 19.9 Å². The van der Waals surface area contributed by atoms with Crippen LogP contribution in [0.2, 0.25) is 0 Å².